The highest BCUT2D eigenvalue weighted by Crippen LogP contribution is 2.30. The molecule has 3 aromatic rings. The predicted molar refractivity (Wildman–Crippen MR) is 99.5 cm³/mol. The first kappa shape index (κ1) is 19.0. The van der Waals surface area contributed by atoms with Crippen LogP contribution in [-0.2, 0) is 4.74 Å². The van der Waals surface area contributed by atoms with E-state index >= 15 is 0 Å². The molecule has 3 N–H and O–H groups in total. The van der Waals surface area contributed by atoms with Crippen molar-refractivity contribution < 1.29 is 23.9 Å². The number of carboxylic acid groups (broad SMARTS) is 1. The average molecular weight is 383 g/mol. The van der Waals surface area contributed by atoms with Crippen LogP contribution in [0.1, 0.15) is 16.5 Å². The summed E-state index contributed by atoms with van der Waals surface area (Å²) in [5.74, 6) is -0.569. The lowest BCUT2D eigenvalue weighted by atomic mass is 10.1. The van der Waals surface area contributed by atoms with E-state index in [1.807, 2.05) is 0 Å². The number of aromatic nitrogens is 4. The van der Waals surface area contributed by atoms with Gasteiger partial charge in [-0.1, -0.05) is 5.16 Å². The number of nitrogens with one attached hydrogen (secondary N) is 2. The van der Waals surface area contributed by atoms with Crippen LogP contribution in [0.3, 0.4) is 0 Å². The van der Waals surface area contributed by atoms with Crippen LogP contribution in [-0.4, -0.2) is 57.7 Å². The third kappa shape index (κ3) is 4.48. The maximum absolute atomic E-state index is 11.0. The Labute approximate surface area is 159 Å². The molecule has 144 valence electrons. The Morgan fingerprint density at radius 2 is 2.14 bits per heavy atom. The molecule has 1 aromatic carbocycles. The van der Waals surface area contributed by atoms with E-state index in [4.69, 9.17) is 24.5 Å². The zero-order valence-electron chi connectivity index (χ0n) is 14.9. The summed E-state index contributed by atoms with van der Waals surface area (Å²) in [7, 11) is 1.58. The quantitative estimate of drug-likeness (QED) is 0.377. The van der Waals surface area contributed by atoms with Crippen LogP contribution in [0.2, 0.25) is 0 Å². The number of nitrogens with zero attached hydrogens (tertiary/aromatic N) is 3. The van der Waals surface area contributed by atoms with Crippen molar-refractivity contribution in [3.8, 4) is 28.4 Å². The molecule has 0 fully saturated rings. The van der Waals surface area contributed by atoms with Crippen LogP contribution < -0.4 is 4.74 Å². The SMILES string of the molecule is COCCOc1cc(-c2noc(C(=O)O)n2)cc(-c2cnc(/C=C\C=N)[nH]2)c1. The largest absolute Gasteiger partial charge is 0.491 e. The summed E-state index contributed by atoms with van der Waals surface area (Å²) >= 11 is 0. The number of benzene rings is 1. The van der Waals surface area contributed by atoms with Gasteiger partial charge in [0.15, 0.2) is 0 Å². The molecule has 3 rings (SSSR count). The van der Waals surface area contributed by atoms with Crippen LogP contribution in [0.15, 0.2) is 35.0 Å². The summed E-state index contributed by atoms with van der Waals surface area (Å²) in [5, 5.41) is 19.7. The van der Waals surface area contributed by atoms with Crippen LogP contribution in [0.25, 0.3) is 28.7 Å². The highest BCUT2D eigenvalue weighted by Gasteiger charge is 2.16. The fourth-order valence-electron chi connectivity index (χ4n) is 2.34. The third-order valence-corrected chi connectivity index (χ3v) is 3.59. The van der Waals surface area contributed by atoms with Crippen molar-refractivity contribution in [1.82, 2.24) is 20.1 Å². The fraction of sp³-hybridized carbons (Fsp3) is 0.167. The topological polar surface area (TPSA) is 147 Å². The van der Waals surface area contributed by atoms with Crippen molar-refractivity contribution in [3.05, 3.63) is 42.2 Å². The number of aromatic amines is 1. The molecule has 0 saturated carbocycles. The summed E-state index contributed by atoms with van der Waals surface area (Å²) in [5.41, 5.74) is 1.95. The van der Waals surface area contributed by atoms with E-state index in [9.17, 15) is 4.79 Å². The molecule has 0 unspecified atom stereocenters. The molecule has 2 heterocycles. The van der Waals surface area contributed by atoms with Gasteiger partial charge in [-0.3, -0.25) is 0 Å². The number of carboxylic acids is 1. The highest BCUT2D eigenvalue weighted by molar-refractivity contribution is 5.83. The zero-order valence-corrected chi connectivity index (χ0v) is 14.9. The number of carbonyl (C=O) groups is 1. The van der Waals surface area contributed by atoms with Gasteiger partial charge in [0.2, 0.25) is 5.82 Å². The average Bonchev–Trinajstić information content (AvgIpc) is 3.36. The molecule has 0 aliphatic rings. The summed E-state index contributed by atoms with van der Waals surface area (Å²) in [4.78, 5) is 22.2. The molecule has 0 aliphatic carbocycles. The minimum atomic E-state index is -1.30. The van der Waals surface area contributed by atoms with E-state index in [0.29, 0.717) is 36.0 Å². The first-order valence-corrected chi connectivity index (χ1v) is 8.17. The van der Waals surface area contributed by atoms with Gasteiger partial charge in [0.25, 0.3) is 0 Å². The number of H-pyrrole nitrogens is 1. The van der Waals surface area contributed by atoms with Crippen LogP contribution in [0, 0.1) is 5.41 Å². The summed E-state index contributed by atoms with van der Waals surface area (Å²) in [6.07, 6.45) is 6.00. The molecule has 28 heavy (non-hydrogen) atoms. The molecule has 0 aliphatic heterocycles. The second kappa shape index (κ2) is 8.73. The normalized spacial score (nSPS) is 11.0. The highest BCUT2D eigenvalue weighted by atomic mass is 16.5. The number of hydrogen-bond acceptors (Lipinski definition) is 8. The van der Waals surface area contributed by atoms with Gasteiger partial charge >= 0.3 is 11.9 Å². The first-order chi connectivity index (χ1) is 13.6. The Balaban J connectivity index is 1.99. The van der Waals surface area contributed by atoms with Gasteiger partial charge in [0.05, 0.1) is 18.5 Å². The van der Waals surface area contributed by atoms with Crippen LogP contribution in [0.4, 0.5) is 0 Å². The lowest BCUT2D eigenvalue weighted by Crippen LogP contribution is -2.04. The summed E-state index contributed by atoms with van der Waals surface area (Å²) in [6.45, 7) is 0.746. The maximum atomic E-state index is 11.0. The number of hydrogen-bond donors (Lipinski definition) is 3. The summed E-state index contributed by atoms with van der Waals surface area (Å²) < 4.78 is 15.4. The number of allylic oxidation sites excluding steroid dienone is 1. The smallest absolute Gasteiger partial charge is 0.394 e. The van der Waals surface area contributed by atoms with Crippen molar-refractivity contribution >= 4 is 18.3 Å². The zero-order chi connectivity index (χ0) is 19.9. The number of imidazole rings is 1. The van der Waals surface area contributed by atoms with Gasteiger partial charge in [-0.05, 0) is 30.4 Å². The van der Waals surface area contributed by atoms with Gasteiger partial charge in [0, 0.05) is 24.5 Å². The Morgan fingerprint density at radius 1 is 1.32 bits per heavy atom. The van der Waals surface area contributed by atoms with Gasteiger partial charge < -0.3 is 29.5 Å². The van der Waals surface area contributed by atoms with Gasteiger partial charge in [-0.2, -0.15) is 4.98 Å². The van der Waals surface area contributed by atoms with E-state index in [2.05, 4.69) is 20.1 Å². The Hall–Kier alpha value is -3.79. The lowest BCUT2D eigenvalue weighted by molar-refractivity contribution is 0.0643. The van der Waals surface area contributed by atoms with Crippen molar-refractivity contribution in [3.63, 3.8) is 0 Å². The van der Waals surface area contributed by atoms with E-state index in [0.717, 1.165) is 11.8 Å². The van der Waals surface area contributed by atoms with Gasteiger partial charge in [0.1, 0.15) is 18.2 Å². The number of ether oxygens (including phenoxy) is 2. The van der Waals surface area contributed by atoms with Gasteiger partial charge in [-0.15, -0.1) is 0 Å². The molecule has 0 saturated heterocycles. The predicted octanol–water partition coefficient (Wildman–Crippen LogP) is 2.51. The first-order valence-electron chi connectivity index (χ1n) is 8.17. The summed E-state index contributed by atoms with van der Waals surface area (Å²) in [6, 6.07) is 5.24. The molecule has 0 amide bonds. The third-order valence-electron chi connectivity index (χ3n) is 3.59. The van der Waals surface area contributed by atoms with E-state index in [-0.39, 0.29) is 5.82 Å². The fourth-order valence-corrected chi connectivity index (χ4v) is 2.34. The molecular weight excluding hydrogens is 366 g/mol. The Bertz CT molecular complexity index is 1010. The molecule has 2 aromatic heterocycles. The molecule has 0 atom stereocenters. The number of methoxy groups -OCH3 is 1. The minimum absolute atomic E-state index is 0.124. The molecule has 10 heteroatoms. The minimum Gasteiger partial charge on any atom is -0.491 e. The van der Waals surface area contributed by atoms with E-state index in [1.165, 1.54) is 0 Å². The maximum Gasteiger partial charge on any atom is 0.394 e. The lowest BCUT2D eigenvalue weighted by Gasteiger charge is -2.09. The molecular formula is C18H17N5O5. The van der Waals surface area contributed by atoms with Crippen LogP contribution >= 0.6 is 0 Å². The van der Waals surface area contributed by atoms with Crippen molar-refractivity contribution in [1.29, 1.82) is 5.41 Å². The van der Waals surface area contributed by atoms with Crippen LogP contribution in [0.5, 0.6) is 5.75 Å². The van der Waals surface area contributed by atoms with Crippen molar-refractivity contribution in [2.45, 2.75) is 0 Å². The Morgan fingerprint density at radius 3 is 2.86 bits per heavy atom. The molecule has 10 nitrogen and oxygen atoms in total. The molecule has 0 bridgehead atoms. The second-order valence-corrected chi connectivity index (χ2v) is 5.52. The van der Waals surface area contributed by atoms with Crippen molar-refractivity contribution in [2.75, 3.05) is 20.3 Å². The Kier molecular flexibility index (Phi) is 5.92. The number of aromatic carboxylic acids is 1. The monoisotopic (exact) mass is 383 g/mol. The van der Waals surface area contributed by atoms with E-state index < -0.39 is 11.9 Å². The second-order valence-electron chi connectivity index (χ2n) is 5.52. The van der Waals surface area contributed by atoms with Gasteiger partial charge in [-0.25, -0.2) is 9.78 Å². The standard InChI is InChI=1S/C18H17N5O5/c1-26-5-6-27-13-8-11(14-10-20-15(21-14)3-2-4-19)7-12(9-13)16-22-17(18(24)25)28-23-16/h2-4,7-10,19H,5-6H2,1H3,(H,20,21)(H,24,25)/b3-2-,19-4?. The molecule has 0 spiro atoms. The van der Waals surface area contributed by atoms with E-state index in [1.54, 1.807) is 43.7 Å². The number of rotatable bonds is 9. The van der Waals surface area contributed by atoms with Crippen molar-refractivity contribution in [2.24, 2.45) is 0 Å². The molecule has 0 radical (unpaired) electrons.